The Kier molecular flexibility index (Phi) is 4.20. The molecule has 0 bridgehead atoms. The second-order valence-corrected chi connectivity index (χ2v) is 7.13. The van der Waals surface area contributed by atoms with E-state index in [9.17, 15) is 14.3 Å². The van der Waals surface area contributed by atoms with Gasteiger partial charge < -0.3 is 9.79 Å². The fraction of sp³-hybridized carbons (Fsp3) is 0.462. The van der Waals surface area contributed by atoms with E-state index in [-0.39, 0.29) is 18.4 Å². The predicted octanol–water partition coefficient (Wildman–Crippen LogP) is 2.08. The van der Waals surface area contributed by atoms with Gasteiger partial charge in [0.15, 0.2) is 0 Å². The van der Waals surface area contributed by atoms with Crippen LogP contribution in [0, 0.1) is 0 Å². The van der Waals surface area contributed by atoms with Gasteiger partial charge in [0.25, 0.3) is 0 Å². The van der Waals surface area contributed by atoms with E-state index in [0.717, 1.165) is 12.0 Å². The highest BCUT2D eigenvalue weighted by atomic mass is 31.2. The number of amides is 1. The van der Waals surface area contributed by atoms with Crippen molar-refractivity contribution in [2.24, 2.45) is 0 Å². The fourth-order valence-corrected chi connectivity index (χ4v) is 3.72. The zero-order valence-corrected chi connectivity index (χ0v) is 11.2. The molecule has 0 aliphatic carbocycles. The summed E-state index contributed by atoms with van der Waals surface area (Å²) in [5.74, 6) is 0.00369. The number of carbonyl (C=O) groups excluding carboxylic acids is 1. The van der Waals surface area contributed by atoms with E-state index in [0.29, 0.717) is 19.4 Å². The van der Waals surface area contributed by atoms with Crippen LogP contribution in [0.15, 0.2) is 30.3 Å². The molecule has 0 spiro atoms. The SMILES string of the molecule is O=C1CCCN1CP(=O)(O)CCc1ccccc1. The quantitative estimate of drug-likeness (QED) is 0.831. The molecule has 0 saturated carbocycles. The van der Waals surface area contributed by atoms with Crippen LogP contribution in [0.25, 0.3) is 0 Å². The van der Waals surface area contributed by atoms with Gasteiger partial charge in [0.1, 0.15) is 0 Å². The summed E-state index contributed by atoms with van der Waals surface area (Å²) in [7, 11) is -3.24. The van der Waals surface area contributed by atoms with Gasteiger partial charge in [-0.05, 0) is 18.4 Å². The second kappa shape index (κ2) is 5.68. The summed E-state index contributed by atoms with van der Waals surface area (Å²) in [6.45, 7) is 0.620. The first-order valence-corrected chi connectivity index (χ1v) is 8.22. The molecule has 18 heavy (non-hydrogen) atoms. The molecule has 2 rings (SSSR count). The first kappa shape index (κ1) is 13.3. The maximum Gasteiger partial charge on any atom is 0.223 e. The molecule has 0 aromatic heterocycles. The molecule has 4 nitrogen and oxygen atoms in total. The van der Waals surface area contributed by atoms with Crippen molar-refractivity contribution in [1.29, 1.82) is 0 Å². The van der Waals surface area contributed by atoms with E-state index >= 15 is 0 Å². The highest BCUT2D eigenvalue weighted by molar-refractivity contribution is 7.57. The third-order valence-electron chi connectivity index (χ3n) is 3.16. The Morgan fingerprint density at radius 3 is 2.61 bits per heavy atom. The van der Waals surface area contributed by atoms with Crippen molar-refractivity contribution in [3.05, 3.63) is 35.9 Å². The van der Waals surface area contributed by atoms with Gasteiger partial charge in [-0.25, -0.2) is 0 Å². The molecule has 1 aliphatic heterocycles. The van der Waals surface area contributed by atoms with E-state index in [1.807, 2.05) is 30.3 Å². The maximum atomic E-state index is 12.1. The van der Waals surface area contributed by atoms with Crippen LogP contribution in [0.2, 0.25) is 0 Å². The molecular weight excluding hydrogens is 249 g/mol. The number of hydrogen-bond donors (Lipinski definition) is 1. The summed E-state index contributed by atoms with van der Waals surface area (Å²) in [5, 5.41) is 0. The minimum Gasteiger partial charge on any atom is -0.343 e. The van der Waals surface area contributed by atoms with Gasteiger partial charge in [-0.2, -0.15) is 0 Å². The summed E-state index contributed by atoms with van der Waals surface area (Å²) >= 11 is 0. The second-order valence-electron chi connectivity index (χ2n) is 4.71. The van der Waals surface area contributed by atoms with Crippen LogP contribution in [0.4, 0.5) is 0 Å². The molecular formula is C13H18NO3P. The number of hydrogen-bond acceptors (Lipinski definition) is 2. The van der Waals surface area contributed by atoms with Crippen molar-refractivity contribution in [1.82, 2.24) is 4.90 Å². The normalized spacial score (nSPS) is 18.9. The van der Waals surface area contributed by atoms with Gasteiger partial charge in [0.2, 0.25) is 13.3 Å². The molecule has 5 heteroatoms. The molecule has 1 N–H and O–H groups in total. The van der Waals surface area contributed by atoms with E-state index < -0.39 is 7.37 Å². The molecule has 98 valence electrons. The summed E-state index contributed by atoms with van der Waals surface area (Å²) < 4.78 is 12.1. The van der Waals surface area contributed by atoms with Crippen molar-refractivity contribution < 1.29 is 14.3 Å². The van der Waals surface area contributed by atoms with E-state index in [4.69, 9.17) is 0 Å². The Morgan fingerprint density at radius 1 is 1.28 bits per heavy atom. The average Bonchev–Trinajstić information content (AvgIpc) is 2.73. The number of aryl methyl sites for hydroxylation is 1. The van der Waals surface area contributed by atoms with Gasteiger partial charge in [0.05, 0.1) is 6.29 Å². The minimum atomic E-state index is -3.24. The van der Waals surface area contributed by atoms with Crippen LogP contribution < -0.4 is 0 Å². The Hall–Kier alpha value is -1.12. The number of benzene rings is 1. The summed E-state index contributed by atoms with van der Waals surface area (Å²) in [6.07, 6.45) is 2.15. The van der Waals surface area contributed by atoms with Crippen molar-refractivity contribution >= 4 is 13.3 Å². The first-order chi connectivity index (χ1) is 8.57. The molecule has 1 fully saturated rings. The molecule has 0 radical (unpaired) electrons. The zero-order valence-electron chi connectivity index (χ0n) is 10.3. The Labute approximate surface area is 107 Å². The molecule has 1 heterocycles. The monoisotopic (exact) mass is 267 g/mol. The van der Waals surface area contributed by atoms with Crippen LogP contribution in [0.1, 0.15) is 18.4 Å². The lowest BCUT2D eigenvalue weighted by molar-refractivity contribution is -0.127. The minimum absolute atomic E-state index is 0.00369. The summed E-state index contributed by atoms with van der Waals surface area (Å²) in [4.78, 5) is 22.9. The van der Waals surface area contributed by atoms with Crippen LogP contribution in [0.5, 0.6) is 0 Å². The zero-order chi connectivity index (χ0) is 13.0. The fourth-order valence-electron chi connectivity index (χ4n) is 2.14. The number of nitrogens with zero attached hydrogens (tertiary/aromatic N) is 1. The van der Waals surface area contributed by atoms with Crippen LogP contribution in [-0.4, -0.2) is 34.7 Å². The average molecular weight is 267 g/mol. The lowest BCUT2D eigenvalue weighted by Crippen LogP contribution is -2.26. The lowest BCUT2D eigenvalue weighted by atomic mass is 10.2. The molecule has 1 unspecified atom stereocenters. The van der Waals surface area contributed by atoms with Crippen LogP contribution in [0.3, 0.4) is 0 Å². The molecule has 1 atom stereocenters. The predicted molar refractivity (Wildman–Crippen MR) is 70.7 cm³/mol. The lowest BCUT2D eigenvalue weighted by Gasteiger charge is -2.20. The molecule has 1 saturated heterocycles. The standard InChI is InChI=1S/C13H18NO3P/c15-13-7-4-9-14(13)11-18(16,17)10-8-12-5-2-1-3-6-12/h1-3,5-6H,4,7-11H2,(H,16,17). The smallest absolute Gasteiger partial charge is 0.223 e. The third kappa shape index (κ3) is 3.69. The van der Waals surface area contributed by atoms with Crippen LogP contribution >= 0.6 is 7.37 Å². The Morgan fingerprint density at radius 2 is 2.00 bits per heavy atom. The van der Waals surface area contributed by atoms with E-state index in [2.05, 4.69) is 0 Å². The molecule has 1 aliphatic rings. The topological polar surface area (TPSA) is 57.6 Å². The van der Waals surface area contributed by atoms with Gasteiger partial charge in [0, 0.05) is 19.1 Å². The van der Waals surface area contributed by atoms with E-state index in [1.54, 1.807) is 0 Å². The van der Waals surface area contributed by atoms with Crippen molar-refractivity contribution in [2.75, 3.05) is 19.0 Å². The summed E-state index contributed by atoms with van der Waals surface area (Å²) in [5.41, 5.74) is 1.06. The molecule has 1 aromatic carbocycles. The van der Waals surface area contributed by atoms with Gasteiger partial charge >= 0.3 is 0 Å². The highest BCUT2D eigenvalue weighted by Gasteiger charge is 2.28. The highest BCUT2D eigenvalue weighted by Crippen LogP contribution is 2.42. The Balaban J connectivity index is 1.87. The van der Waals surface area contributed by atoms with E-state index in [1.165, 1.54) is 4.90 Å². The van der Waals surface area contributed by atoms with Gasteiger partial charge in [-0.1, -0.05) is 30.3 Å². The van der Waals surface area contributed by atoms with Crippen LogP contribution in [-0.2, 0) is 15.8 Å². The number of rotatable bonds is 5. The molecule has 1 aromatic rings. The van der Waals surface area contributed by atoms with Crippen molar-refractivity contribution in [2.45, 2.75) is 19.3 Å². The Bertz CT molecular complexity index is 461. The summed E-state index contributed by atoms with van der Waals surface area (Å²) in [6, 6.07) is 9.65. The number of likely N-dealkylation sites (tertiary alicyclic amines) is 1. The maximum absolute atomic E-state index is 12.1. The molecule has 1 amide bonds. The first-order valence-electron chi connectivity index (χ1n) is 6.19. The van der Waals surface area contributed by atoms with Gasteiger partial charge in [-0.15, -0.1) is 0 Å². The third-order valence-corrected chi connectivity index (χ3v) is 4.86. The largest absolute Gasteiger partial charge is 0.343 e. The van der Waals surface area contributed by atoms with Crippen molar-refractivity contribution in [3.8, 4) is 0 Å². The number of carbonyl (C=O) groups is 1. The van der Waals surface area contributed by atoms with Crippen molar-refractivity contribution in [3.63, 3.8) is 0 Å². The van der Waals surface area contributed by atoms with Gasteiger partial charge in [-0.3, -0.25) is 9.36 Å².